The van der Waals surface area contributed by atoms with E-state index in [4.69, 9.17) is 23.2 Å². The minimum absolute atomic E-state index is 0.142. The van der Waals surface area contributed by atoms with Gasteiger partial charge in [-0.2, -0.15) is 5.10 Å². The van der Waals surface area contributed by atoms with E-state index in [9.17, 15) is 4.79 Å². The zero-order chi connectivity index (χ0) is 13.8. The van der Waals surface area contributed by atoms with E-state index in [1.807, 2.05) is 6.07 Å². The van der Waals surface area contributed by atoms with E-state index >= 15 is 0 Å². The van der Waals surface area contributed by atoms with Crippen LogP contribution in [0.25, 0.3) is 0 Å². The van der Waals surface area contributed by atoms with Crippen LogP contribution in [0.3, 0.4) is 0 Å². The van der Waals surface area contributed by atoms with Crippen LogP contribution in [-0.4, -0.2) is 22.6 Å². The molecule has 1 heterocycles. The van der Waals surface area contributed by atoms with Gasteiger partial charge in [-0.1, -0.05) is 29.3 Å². The maximum Gasteiger partial charge on any atom is 0.254 e. The number of nitrogens with zero attached hydrogens (tertiary/aromatic N) is 1. The summed E-state index contributed by atoms with van der Waals surface area (Å²) >= 11 is 11.9. The van der Waals surface area contributed by atoms with Gasteiger partial charge in [-0.05, 0) is 31.0 Å². The topological polar surface area (TPSA) is 57.8 Å². The zero-order valence-corrected chi connectivity index (χ0v) is 11.8. The first-order valence-corrected chi connectivity index (χ1v) is 6.55. The predicted molar refractivity (Wildman–Crippen MR) is 75.8 cm³/mol. The summed E-state index contributed by atoms with van der Waals surface area (Å²) in [6, 6.07) is 5.34. The highest BCUT2D eigenvalue weighted by atomic mass is 35.5. The van der Waals surface area contributed by atoms with Crippen LogP contribution in [0.15, 0.2) is 24.4 Å². The monoisotopic (exact) mass is 297 g/mol. The average molecular weight is 298 g/mol. The van der Waals surface area contributed by atoms with Gasteiger partial charge in [0.05, 0.1) is 11.8 Å². The van der Waals surface area contributed by atoms with Crippen LogP contribution in [0.4, 0.5) is 0 Å². The first-order valence-electron chi connectivity index (χ1n) is 5.80. The molecule has 0 aliphatic carbocycles. The zero-order valence-electron chi connectivity index (χ0n) is 10.3. The van der Waals surface area contributed by atoms with Gasteiger partial charge in [0.1, 0.15) is 0 Å². The Morgan fingerprint density at radius 2 is 2.21 bits per heavy atom. The Labute approximate surface area is 121 Å². The number of halogens is 2. The fourth-order valence-electron chi connectivity index (χ4n) is 1.71. The van der Waals surface area contributed by atoms with Gasteiger partial charge < -0.3 is 5.32 Å². The van der Waals surface area contributed by atoms with Crippen molar-refractivity contribution in [1.82, 2.24) is 15.5 Å². The third-order valence-corrected chi connectivity index (χ3v) is 3.36. The highest BCUT2D eigenvalue weighted by molar-refractivity contribution is 6.35. The van der Waals surface area contributed by atoms with Gasteiger partial charge in [0.25, 0.3) is 5.91 Å². The summed E-state index contributed by atoms with van der Waals surface area (Å²) in [6.07, 6.45) is 2.17. The number of nitrogens with one attached hydrogen (secondary N) is 2. The van der Waals surface area contributed by atoms with Crippen molar-refractivity contribution in [1.29, 1.82) is 0 Å². The minimum atomic E-state index is -0.142. The van der Waals surface area contributed by atoms with Crippen LogP contribution >= 0.6 is 23.2 Å². The Morgan fingerprint density at radius 3 is 2.84 bits per heavy atom. The highest BCUT2D eigenvalue weighted by Gasteiger charge is 2.10. The number of carbonyl (C=O) groups is 1. The molecule has 1 aromatic carbocycles. The van der Waals surface area contributed by atoms with Crippen molar-refractivity contribution in [2.24, 2.45) is 0 Å². The number of amides is 1. The lowest BCUT2D eigenvalue weighted by molar-refractivity contribution is 0.0953. The smallest absolute Gasteiger partial charge is 0.254 e. The van der Waals surface area contributed by atoms with E-state index in [1.165, 1.54) is 6.20 Å². The molecule has 2 aromatic rings. The second-order valence-electron chi connectivity index (χ2n) is 4.15. The normalized spacial score (nSPS) is 10.5. The van der Waals surface area contributed by atoms with Gasteiger partial charge >= 0.3 is 0 Å². The van der Waals surface area contributed by atoms with E-state index < -0.39 is 0 Å². The Balaban J connectivity index is 1.90. The van der Waals surface area contributed by atoms with E-state index in [-0.39, 0.29) is 5.91 Å². The molecule has 1 aromatic heterocycles. The molecule has 2 rings (SSSR count). The van der Waals surface area contributed by atoms with Gasteiger partial charge in [-0.25, -0.2) is 0 Å². The van der Waals surface area contributed by atoms with Crippen LogP contribution in [0.1, 0.15) is 21.6 Å². The summed E-state index contributed by atoms with van der Waals surface area (Å²) in [4.78, 5) is 11.8. The number of carbonyl (C=O) groups excluding carboxylic acids is 1. The van der Waals surface area contributed by atoms with Crippen molar-refractivity contribution in [3.8, 4) is 0 Å². The molecule has 0 saturated carbocycles. The van der Waals surface area contributed by atoms with Gasteiger partial charge in [-0.15, -0.1) is 0 Å². The Kier molecular flexibility index (Phi) is 4.45. The van der Waals surface area contributed by atoms with Crippen molar-refractivity contribution in [3.05, 3.63) is 51.3 Å². The molecule has 0 saturated heterocycles. The summed E-state index contributed by atoms with van der Waals surface area (Å²) in [7, 11) is 0. The van der Waals surface area contributed by atoms with Gasteiger partial charge in [0.2, 0.25) is 0 Å². The standard InChI is InChI=1S/C13H13Cl2N3O/c1-8-11(7-17-18-8)13(19)16-5-4-9-2-3-10(14)6-12(9)15/h2-3,6-7H,4-5H2,1H3,(H,16,19)(H,17,18). The van der Waals surface area contributed by atoms with Crippen LogP contribution < -0.4 is 5.32 Å². The molecule has 0 aliphatic rings. The van der Waals surface area contributed by atoms with Crippen molar-refractivity contribution in [3.63, 3.8) is 0 Å². The third-order valence-electron chi connectivity index (χ3n) is 2.77. The quantitative estimate of drug-likeness (QED) is 0.911. The Bertz CT molecular complexity index is 595. The molecule has 100 valence electrons. The van der Waals surface area contributed by atoms with E-state index in [0.29, 0.717) is 28.6 Å². The SMILES string of the molecule is Cc1[nH]ncc1C(=O)NCCc1ccc(Cl)cc1Cl. The summed E-state index contributed by atoms with van der Waals surface area (Å²) in [6.45, 7) is 2.31. The fourth-order valence-corrected chi connectivity index (χ4v) is 2.21. The molecule has 0 spiro atoms. The number of hydrogen-bond acceptors (Lipinski definition) is 2. The second-order valence-corrected chi connectivity index (χ2v) is 4.99. The molecule has 0 radical (unpaired) electrons. The highest BCUT2D eigenvalue weighted by Crippen LogP contribution is 2.21. The second kappa shape index (κ2) is 6.08. The summed E-state index contributed by atoms with van der Waals surface area (Å²) < 4.78 is 0. The van der Waals surface area contributed by atoms with Crippen LogP contribution in [-0.2, 0) is 6.42 Å². The van der Waals surface area contributed by atoms with Crippen LogP contribution in [0, 0.1) is 6.92 Å². The number of aromatic nitrogens is 2. The number of benzene rings is 1. The molecule has 1 amide bonds. The molecular weight excluding hydrogens is 285 g/mol. The molecule has 0 unspecified atom stereocenters. The van der Waals surface area contributed by atoms with Gasteiger partial charge in [-0.3, -0.25) is 9.89 Å². The molecule has 0 aliphatic heterocycles. The summed E-state index contributed by atoms with van der Waals surface area (Å²) in [5.74, 6) is -0.142. The van der Waals surface area contributed by atoms with Crippen molar-refractivity contribution in [2.45, 2.75) is 13.3 Å². The first kappa shape index (κ1) is 13.9. The number of rotatable bonds is 4. The summed E-state index contributed by atoms with van der Waals surface area (Å²) in [5, 5.41) is 10.6. The number of hydrogen-bond donors (Lipinski definition) is 2. The number of aromatic amines is 1. The predicted octanol–water partition coefficient (Wildman–Crippen LogP) is 3.00. The third kappa shape index (κ3) is 3.49. The molecule has 2 N–H and O–H groups in total. The lowest BCUT2D eigenvalue weighted by Crippen LogP contribution is -2.26. The number of aryl methyl sites for hydroxylation is 1. The molecule has 0 fully saturated rings. The molecule has 0 bridgehead atoms. The first-order chi connectivity index (χ1) is 9.08. The average Bonchev–Trinajstić information content (AvgIpc) is 2.78. The van der Waals surface area contributed by atoms with Crippen molar-refractivity contribution < 1.29 is 4.79 Å². The lowest BCUT2D eigenvalue weighted by atomic mass is 10.1. The molecule has 0 atom stereocenters. The van der Waals surface area contributed by atoms with Gasteiger partial charge in [0.15, 0.2) is 0 Å². The van der Waals surface area contributed by atoms with Crippen LogP contribution in [0.5, 0.6) is 0 Å². The maximum absolute atomic E-state index is 11.8. The minimum Gasteiger partial charge on any atom is -0.352 e. The summed E-state index contributed by atoms with van der Waals surface area (Å²) in [5.41, 5.74) is 2.26. The van der Waals surface area contributed by atoms with E-state index in [0.717, 1.165) is 11.3 Å². The van der Waals surface area contributed by atoms with Gasteiger partial charge in [0, 0.05) is 22.3 Å². The van der Waals surface area contributed by atoms with E-state index in [1.54, 1.807) is 19.1 Å². The molecular formula is C13H13Cl2N3O. The Hall–Kier alpha value is -1.52. The molecule has 6 heteroatoms. The number of H-pyrrole nitrogens is 1. The molecule has 19 heavy (non-hydrogen) atoms. The van der Waals surface area contributed by atoms with Crippen molar-refractivity contribution >= 4 is 29.1 Å². The van der Waals surface area contributed by atoms with E-state index in [2.05, 4.69) is 15.5 Å². The largest absolute Gasteiger partial charge is 0.352 e. The van der Waals surface area contributed by atoms with Crippen molar-refractivity contribution in [2.75, 3.05) is 6.54 Å². The van der Waals surface area contributed by atoms with Crippen LogP contribution in [0.2, 0.25) is 10.0 Å². The lowest BCUT2D eigenvalue weighted by Gasteiger charge is -2.06. The maximum atomic E-state index is 11.8. The Morgan fingerprint density at radius 1 is 1.42 bits per heavy atom. The molecule has 4 nitrogen and oxygen atoms in total. The fraction of sp³-hybridized carbons (Fsp3) is 0.231.